The van der Waals surface area contributed by atoms with Gasteiger partial charge in [0.15, 0.2) is 5.75 Å². The zero-order valence-electron chi connectivity index (χ0n) is 16.7. The highest BCUT2D eigenvalue weighted by molar-refractivity contribution is 5.92. The van der Waals surface area contributed by atoms with E-state index in [1.807, 2.05) is 19.2 Å². The number of benzene rings is 1. The van der Waals surface area contributed by atoms with Crippen LogP contribution in [0.2, 0.25) is 0 Å². The van der Waals surface area contributed by atoms with E-state index in [1.165, 1.54) is 5.69 Å². The van der Waals surface area contributed by atoms with E-state index in [2.05, 4.69) is 32.6 Å². The molecule has 0 bridgehead atoms. The van der Waals surface area contributed by atoms with Gasteiger partial charge in [-0.25, -0.2) is 4.79 Å². The highest BCUT2D eigenvalue weighted by Gasteiger charge is 2.26. The van der Waals surface area contributed by atoms with Gasteiger partial charge in [0, 0.05) is 41.3 Å². The molecule has 0 saturated carbocycles. The molecule has 0 unspecified atom stereocenters. The molecule has 30 heavy (non-hydrogen) atoms. The Morgan fingerprint density at radius 2 is 2.03 bits per heavy atom. The molecular formula is C21H24ClN3O5. The minimum absolute atomic E-state index is 0. The molecule has 9 heteroatoms. The Kier molecular flexibility index (Phi) is 6.09. The molecule has 160 valence electrons. The summed E-state index contributed by atoms with van der Waals surface area (Å²) < 4.78 is 6.67. The molecule has 0 radical (unpaired) electrons. The van der Waals surface area contributed by atoms with Crippen LogP contribution in [0.4, 0.5) is 4.79 Å². The number of carbonyl (C=O) groups is 1. The molecule has 1 aliphatic rings. The number of aromatic nitrogens is 2. The fraction of sp³-hybridized carbons (Fsp3) is 0.333. The summed E-state index contributed by atoms with van der Waals surface area (Å²) in [5, 5.41) is 23.9. The number of aryl methyl sites for hydroxylation is 2. The van der Waals surface area contributed by atoms with E-state index in [1.54, 1.807) is 0 Å². The summed E-state index contributed by atoms with van der Waals surface area (Å²) in [4.78, 5) is 26.0. The molecule has 2 heterocycles. The number of aromatic hydroxyl groups is 1. The van der Waals surface area contributed by atoms with Crippen LogP contribution in [0, 0.1) is 0 Å². The van der Waals surface area contributed by atoms with E-state index in [0.717, 1.165) is 48.0 Å². The van der Waals surface area contributed by atoms with Gasteiger partial charge >= 0.3 is 6.16 Å². The predicted molar refractivity (Wildman–Crippen MR) is 116 cm³/mol. The normalized spacial score (nSPS) is 12.6. The van der Waals surface area contributed by atoms with E-state index < -0.39 is 23.2 Å². The number of H-pyrrole nitrogens is 1. The lowest BCUT2D eigenvalue weighted by atomic mass is 9.97. The van der Waals surface area contributed by atoms with Crippen molar-refractivity contribution in [3.8, 4) is 22.8 Å². The fourth-order valence-electron chi connectivity index (χ4n) is 4.16. The van der Waals surface area contributed by atoms with Crippen LogP contribution < -0.4 is 15.6 Å². The minimum atomic E-state index is -1.64. The number of hydrogen-bond donors (Lipinski definition) is 4. The molecule has 0 amide bonds. The first-order valence-electron chi connectivity index (χ1n) is 9.62. The van der Waals surface area contributed by atoms with Gasteiger partial charge in [-0.15, -0.1) is 12.4 Å². The Balaban J connectivity index is 0.00000256. The van der Waals surface area contributed by atoms with Gasteiger partial charge in [0.2, 0.25) is 5.75 Å². The Labute approximate surface area is 178 Å². The lowest BCUT2D eigenvalue weighted by molar-refractivity contribution is 0.142. The van der Waals surface area contributed by atoms with Crippen molar-refractivity contribution in [1.29, 1.82) is 0 Å². The van der Waals surface area contributed by atoms with Gasteiger partial charge < -0.3 is 29.8 Å². The van der Waals surface area contributed by atoms with Crippen LogP contribution >= 0.6 is 12.4 Å². The number of aromatic amines is 1. The van der Waals surface area contributed by atoms with Gasteiger partial charge in [0.25, 0.3) is 5.56 Å². The van der Waals surface area contributed by atoms with Crippen LogP contribution in [-0.2, 0) is 26.4 Å². The third kappa shape index (κ3) is 3.53. The second kappa shape index (κ2) is 8.41. The van der Waals surface area contributed by atoms with Crippen molar-refractivity contribution < 1.29 is 19.7 Å². The molecular weight excluding hydrogens is 410 g/mol. The number of nitrogens with zero attached hydrogens (tertiary/aromatic N) is 1. The highest BCUT2D eigenvalue weighted by atomic mass is 35.5. The van der Waals surface area contributed by atoms with E-state index in [9.17, 15) is 14.7 Å². The summed E-state index contributed by atoms with van der Waals surface area (Å²) >= 11 is 0. The van der Waals surface area contributed by atoms with Gasteiger partial charge in [-0.1, -0.05) is 13.0 Å². The van der Waals surface area contributed by atoms with Crippen molar-refractivity contribution in [1.82, 2.24) is 14.9 Å². The number of nitrogens with one attached hydrogen (secondary N) is 2. The van der Waals surface area contributed by atoms with Gasteiger partial charge in [0.1, 0.15) is 0 Å². The van der Waals surface area contributed by atoms with Crippen molar-refractivity contribution in [2.75, 3.05) is 6.54 Å². The van der Waals surface area contributed by atoms with Crippen LogP contribution in [-0.4, -0.2) is 32.5 Å². The van der Waals surface area contributed by atoms with Crippen molar-refractivity contribution in [3.63, 3.8) is 0 Å². The van der Waals surface area contributed by atoms with Gasteiger partial charge in [0.05, 0.1) is 5.69 Å². The number of hydrogen-bond acceptors (Lipinski definition) is 5. The maximum atomic E-state index is 12.4. The topological polar surface area (TPSA) is 117 Å². The molecule has 8 nitrogen and oxygen atoms in total. The van der Waals surface area contributed by atoms with E-state index >= 15 is 0 Å². The third-order valence-corrected chi connectivity index (χ3v) is 5.55. The summed E-state index contributed by atoms with van der Waals surface area (Å²) in [7, 11) is 2.04. The monoisotopic (exact) mass is 433 g/mol. The summed E-state index contributed by atoms with van der Waals surface area (Å²) in [6.07, 6.45) is 0.394. The summed E-state index contributed by atoms with van der Waals surface area (Å²) in [6, 6.07) is 6.13. The van der Waals surface area contributed by atoms with Crippen molar-refractivity contribution >= 4 is 29.5 Å². The first kappa shape index (κ1) is 21.7. The van der Waals surface area contributed by atoms with Crippen LogP contribution in [0.15, 0.2) is 23.0 Å². The first-order chi connectivity index (χ1) is 13.9. The number of pyridine rings is 1. The average Bonchev–Trinajstić information content (AvgIpc) is 2.88. The highest BCUT2D eigenvalue weighted by Crippen LogP contribution is 2.40. The van der Waals surface area contributed by atoms with E-state index in [-0.39, 0.29) is 12.4 Å². The Morgan fingerprint density at radius 1 is 1.30 bits per heavy atom. The molecule has 1 aliphatic carbocycles. The zero-order valence-corrected chi connectivity index (χ0v) is 17.6. The molecule has 3 aromatic rings. The quantitative estimate of drug-likeness (QED) is 0.469. The van der Waals surface area contributed by atoms with E-state index in [4.69, 9.17) is 5.11 Å². The number of halogens is 1. The molecule has 0 atom stereocenters. The number of ether oxygens (including phenoxy) is 1. The molecule has 0 fully saturated rings. The largest absolute Gasteiger partial charge is 0.511 e. The molecule has 2 aromatic heterocycles. The second-order valence-electron chi connectivity index (χ2n) is 7.21. The predicted octanol–water partition coefficient (Wildman–Crippen LogP) is 3.32. The maximum absolute atomic E-state index is 12.4. The smallest absolute Gasteiger partial charge is 0.504 e. The number of carboxylic acid groups (broad SMARTS) is 1. The third-order valence-electron chi connectivity index (χ3n) is 5.55. The van der Waals surface area contributed by atoms with Crippen LogP contribution in [0.1, 0.15) is 30.2 Å². The maximum Gasteiger partial charge on any atom is 0.511 e. The van der Waals surface area contributed by atoms with Crippen LogP contribution in [0.3, 0.4) is 0 Å². The zero-order chi connectivity index (χ0) is 20.7. The Bertz CT molecular complexity index is 1180. The lowest BCUT2D eigenvalue weighted by Crippen LogP contribution is -2.17. The summed E-state index contributed by atoms with van der Waals surface area (Å²) in [6.45, 7) is 3.71. The summed E-state index contributed by atoms with van der Waals surface area (Å²) in [5.41, 5.74) is 4.50. The standard InChI is InChI=1S/C21H23N3O5.ClH/c1-3-22-10-11-9-15-12-5-4-6-14-17(13(12)7-8-16(15)24(11)2)23-20(26)19(18(14)25)29-21(27)28;/h7-9,22H,3-6,10H2,1-2H3,(H,27,28)(H2,23,25,26);1H. The van der Waals surface area contributed by atoms with Gasteiger partial charge in [-0.3, -0.25) is 4.79 Å². The average molecular weight is 434 g/mol. The van der Waals surface area contributed by atoms with Crippen LogP contribution in [0.25, 0.3) is 22.2 Å². The number of rotatable bonds is 4. The second-order valence-corrected chi connectivity index (χ2v) is 7.21. The van der Waals surface area contributed by atoms with Crippen molar-refractivity contribution in [3.05, 3.63) is 45.4 Å². The molecule has 1 aromatic carbocycles. The van der Waals surface area contributed by atoms with E-state index in [0.29, 0.717) is 17.7 Å². The van der Waals surface area contributed by atoms with Gasteiger partial charge in [-0.05, 0) is 43.5 Å². The Morgan fingerprint density at radius 3 is 2.73 bits per heavy atom. The SMILES string of the molecule is CCNCc1cc2c3c(ccc2n1C)-c1[nH]c(=O)c(OC(=O)O)c(O)c1CCC3.Cl. The molecule has 0 spiro atoms. The van der Waals surface area contributed by atoms with Crippen molar-refractivity contribution in [2.45, 2.75) is 32.7 Å². The molecule has 0 saturated heterocycles. The lowest BCUT2D eigenvalue weighted by Gasteiger charge is -2.13. The number of fused-ring (bicyclic) bond motifs is 5. The fourth-order valence-corrected chi connectivity index (χ4v) is 4.16. The Hall–Kier alpha value is -2.97. The van der Waals surface area contributed by atoms with Crippen molar-refractivity contribution in [2.24, 2.45) is 7.05 Å². The van der Waals surface area contributed by atoms with Crippen LogP contribution in [0.5, 0.6) is 11.5 Å². The molecule has 4 rings (SSSR count). The molecule has 4 N–H and O–H groups in total. The van der Waals surface area contributed by atoms with Gasteiger partial charge in [-0.2, -0.15) is 0 Å². The molecule has 0 aliphatic heterocycles. The summed E-state index contributed by atoms with van der Waals surface area (Å²) in [5.74, 6) is -0.978. The first-order valence-corrected chi connectivity index (χ1v) is 9.62. The minimum Gasteiger partial charge on any atom is -0.504 e.